The molecular formula is C15H19ClFNO2. The number of nitrogens with one attached hydrogen (secondary N) is 1. The van der Waals surface area contributed by atoms with E-state index in [4.69, 9.17) is 11.6 Å². The van der Waals surface area contributed by atoms with Gasteiger partial charge < -0.3 is 10.4 Å². The van der Waals surface area contributed by atoms with Crippen molar-refractivity contribution in [2.24, 2.45) is 5.92 Å². The molecule has 20 heavy (non-hydrogen) atoms. The van der Waals surface area contributed by atoms with E-state index in [-0.39, 0.29) is 29.2 Å². The molecule has 0 aliphatic heterocycles. The maximum absolute atomic E-state index is 13.8. The highest BCUT2D eigenvalue weighted by molar-refractivity contribution is 6.31. The van der Waals surface area contributed by atoms with Crippen molar-refractivity contribution in [1.29, 1.82) is 0 Å². The maximum atomic E-state index is 13.8. The molecule has 110 valence electrons. The Labute approximate surface area is 123 Å². The molecule has 3 nitrogen and oxygen atoms in total. The third-order valence-corrected chi connectivity index (χ3v) is 4.20. The van der Waals surface area contributed by atoms with Crippen molar-refractivity contribution >= 4 is 17.5 Å². The first kappa shape index (κ1) is 15.3. The highest BCUT2D eigenvalue weighted by Crippen LogP contribution is 2.24. The molecule has 2 rings (SSSR count). The van der Waals surface area contributed by atoms with Gasteiger partial charge >= 0.3 is 0 Å². The number of halogens is 2. The third-order valence-electron chi connectivity index (χ3n) is 3.91. The average molecular weight is 300 g/mol. The molecule has 0 radical (unpaired) electrons. The normalized spacial score (nSPS) is 23.1. The summed E-state index contributed by atoms with van der Waals surface area (Å²) in [5, 5.41) is 12.2. The number of amides is 1. The fraction of sp³-hybridized carbons (Fsp3) is 0.533. The van der Waals surface area contributed by atoms with Gasteiger partial charge in [-0.1, -0.05) is 36.9 Å². The molecule has 0 saturated heterocycles. The molecule has 0 spiro atoms. The minimum absolute atomic E-state index is 0.0431. The molecule has 1 aliphatic rings. The fourth-order valence-electron chi connectivity index (χ4n) is 2.72. The van der Waals surface area contributed by atoms with E-state index in [1.165, 1.54) is 12.1 Å². The summed E-state index contributed by atoms with van der Waals surface area (Å²) in [6.45, 7) is 0.0446. The summed E-state index contributed by atoms with van der Waals surface area (Å²) < 4.78 is 13.8. The Kier molecular flexibility index (Phi) is 5.38. The lowest BCUT2D eigenvalue weighted by Gasteiger charge is -2.24. The highest BCUT2D eigenvalue weighted by atomic mass is 35.5. The van der Waals surface area contributed by atoms with Crippen LogP contribution in [0.2, 0.25) is 5.02 Å². The number of benzene rings is 1. The monoisotopic (exact) mass is 299 g/mol. The Bertz CT molecular complexity index is 481. The zero-order chi connectivity index (χ0) is 14.5. The van der Waals surface area contributed by atoms with Gasteiger partial charge in [-0.05, 0) is 25.0 Å². The number of rotatable bonds is 3. The quantitative estimate of drug-likeness (QED) is 0.842. The van der Waals surface area contributed by atoms with Gasteiger partial charge in [0.25, 0.3) is 5.91 Å². The third kappa shape index (κ3) is 3.49. The molecule has 1 aromatic carbocycles. The molecule has 0 aromatic heterocycles. The van der Waals surface area contributed by atoms with E-state index in [1.807, 2.05) is 0 Å². The summed E-state index contributed by atoms with van der Waals surface area (Å²) in [7, 11) is 0. The van der Waals surface area contributed by atoms with Crippen molar-refractivity contribution in [2.45, 2.75) is 38.1 Å². The Hall–Kier alpha value is -1.13. The van der Waals surface area contributed by atoms with Crippen LogP contribution < -0.4 is 5.32 Å². The summed E-state index contributed by atoms with van der Waals surface area (Å²) in [6.07, 6.45) is 4.88. The lowest BCUT2D eigenvalue weighted by Crippen LogP contribution is -2.41. The van der Waals surface area contributed by atoms with E-state index in [1.54, 1.807) is 6.07 Å². The number of carbonyl (C=O) groups is 1. The molecule has 5 heteroatoms. The van der Waals surface area contributed by atoms with E-state index >= 15 is 0 Å². The molecule has 1 aromatic rings. The van der Waals surface area contributed by atoms with Crippen LogP contribution in [0.15, 0.2) is 18.2 Å². The lowest BCUT2D eigenvalue weighted by molar-refractivity contribution is 0.0895. The smallest absolute Gasteiger partial charge is 0.254 e. The molecule has 2 unspecified atom stereocenters. The van der Waals surface area contributed by atoms with E-state index in [2.05, 4.69) is 5.32 Å². The summed E-state index contributed by atoms with van der Waals surface area (Å²) in [5.74, 6) is -1.11. The van der Waals surface area contributed by atoms with Crippen molar-refractivity contribution in [2.75, 3.05) is 6.61 Å². The van der Waals surface area contributed by atoms with Gasteiger partial charge in [0.15, 0.2) is 5.82 Å². The van der Waals surface area contributed by atoms with E-state index in [0.717, 1.165) is 32.1 Å². The molecule has 1 aliphatic carbocycles. The zero-order valence-corrected chi connectivity index (χ0v) is 12.0. The van der Waals surface area contributed by atoms with Gasteiger partial charge in [0.2, 0.25) is 0 Å². The minimum atomic E-state index is -0.694. The van der Waals surface area contributed by atoms with Gasteiger partial charge in [-0.25, -0.2) is 4.39 Å². The highest BCUT2D eigenvalue weighted by Gasteiger charge is 2.26. The molecule has 0 bridgehead atoms. The van der Waals surface area contributed by atoms with Crippen molar-refractivity contribution in [3.8, 4) is 0 Å². The molecular weight excluding hydrogens is 281 g/mol. The van der Waals surface area contributed by atoms with Gasteiger partial charge in [0, 0.05) is 18.6 Å². The van der Waals surface area contributed by atoms with Gasteiger partial charge in [-0.2, -0.15) is 0 Å². The summed E-state index contributed by atoms with van der Waals surface area (Å²) in [5.41, 5.74) is -0.0431. The topological polar surface area (TPSA) is 49.3 Å². The van der Waals surface area contributed by atoms with Gasteiger partial charge in [0.05, 0.1) is 10.6 Å². The average Bonchev–Trinajstić information content (AvgIpc) is 2.66. The lowest BCUT2D eigenvalue weighted by atomic mass is 9.95. The van der Waals surface area contributed by atoms with E-state index in [9.17, 15) is 14.3 Å². The van der Waals surface area contributed by atoms with E-state index in [0.29, 0.717) is 0 Å². The summed E-state index contributed by atoms with van der Waals surface area (Å²) >= 11 is 5.69. The second-order valence-corrected chi connectivity index (χ2v) is 5.67. The Morgan fingerprint density at radius 2 is 2.10 bits per heavy atom. The van der Waals surface area contributed by atoms with Gasteiger partial charge in [-0.15, -0.1) is 0 Å². The second kappa shape index (κ2) is 7.04. The van der Waals surface area contributed by atoms with Crippen molar-refractivity contribution < 1.29 is 14.3 Å². The number of hydrogen-bond donors (Lipinski definition) is 2. The first-order valence-electron chi connectivity index (χ1n) is 6.99. The van der Waals surface area contributed by atoms with Crippen LogP contribution >= 0.6 is 11.6 Å². The summed E-state index contributed by atoms with van der Waals surface area (Å²) in [6, 6.07) is 4.28. The number of hydrogen-bond acceptors (Lipinski definition) is 2. The van der Waals surface area contributed by atoms with Crippen molar-refractivity contribution in [1.82, 2.24) is 5.32 Å². The predicted molar refractivity (Wildman–Crippen MR) is 76.3 cm³/mol. The van der Waals surface area contributed by atoms with Crippen LogP contribution in [0.3, 0.4) is 0 Å². The molecule has 2 atom stereocenters. The van der Waals surface area contributed by atoms with Crippen LogP contribution in [0.25, 0.3) is 0 Å². The molecule has 1 saturated carbocycles. The van der Waals surface area contributed by atoms with Crippen molar-refractivity contribution in [3.63, 3.8) is 0 Å². The van der Waals surface area contributed by atoms with E-state index < -0.39 is 11.7 Å². The standard InChI is InChI=1S/C15H19ClFNO2/c16-12-7-4-6-11(14(12)17)15(20)18-13-8-3-1-2-5-10(13)9-19/h4,6-7,10,13,19H,1-3,5,8-9H2,(H,18,20). The Balaban J connectivity index is 2.11. The molecule has 1 fully saturated rings. The minimum Gasteiger partial charge on any atom is -0.396 e. The predicted octanol–water partition coefficient (Wildman–Crippen LogP) is 3.15. The first-order valence-corrected chi connectivity index (χ1v) is 7.37. The van der Waals surface area contributed by atoms with Crippen molar-refractivity contribution in [3.05, 3.63) is 34.6 Å². The van der Waals surface area contributed by atoms with Gasteiger partial charge in [0.1, 0.15) is 0 Å². The maximum Gasteiger partial charge on any atom is 0.254 e. The second-order valence-electron chi connectivity index (χ2n) is 5.26. The van der Waals surface area contributed by atoms with Gasteiger partial charge in [-0.3, -0.25) is 4.79 Å². The van der Waals surface area contributed by atoms with Crippen LogP contribution in [0.1, 0.15) is 42.5 Å². The molecule has 1 amide bonds. The van der Waals surface area contributed by atoms with Crippen LogP contribution in [-0.2, 0) is 0 Å². The number of carbonyl (C=O) groups excluding carboxylic acids is 1. The zero-order valence-electron chi connectivity index (χ0n) is 11.2. The number of aliphatic hydroxyl groups is 1. The van der Waals surface area contributed by atoms with Crippen LogP contribution in [0.5, 0.6) is 0 Å². The molecule has 2 N–H and O–H groups in total. The fourth-order valence-corrected chi connectivity index (χ4v) is 2.89. The number of aliphatic hydroxyl groups excluding tert-OH is 1. The largest absolute Gasteiger partial charge is 0.396 e. The first-order chi connectivity index (χ1) is 9.63. The Morgan fingerprint density at radius 1 is 1.35 bits per heavy atom. The Morgan fingerprint density at radius 3 is 2.85 bits per heavy atom. The van der Waals surface area contributed by atoms with Crippen LogP contribution in [0, 0.1) is 11.7 Å². The summed E-state index contributed by atoms with van der Waals surface area (Å²) in [4.78, 5) is 12.2. The SMILES string of the molecule is O=C(NC1CCCCCC1CO)c1cccc(Cl)c1F. The van der Waals surface area contributed by atoms with Crippen LogP contribution in [0.4, 0.5) is 4.39 Å². The van der Waals surface area contributed by atoms with Crippen LogP contribution in [-0.4, -0.2) is 23.7 Å². The molecule has 0 heterocycles.